The van der Waals surface area contributed by atoms with Crippen molar-refractivity contribution in [2.45, 2.75) is 43.8 Å². The Hall–Kier alpha value is -4.21. The molecule has 0 fully saturated rings. The number of hydrogen-bond donors (Lipinski definition) is 1. The zero-order valence-electron chi connectivity index (χ0n) is 23.9. The van der Waals surface area contributed by atoms with E-state index in [1.165, 1.54) is 4.90 Å². The maximum atomic E-state index is 14.3. The topological polar surface area (TPSA) is 86.8 Å². The predicted octanol–water partition coefficient (Wildman–Crippen LogP) is 5.84. The molecule has 0 spiro atoms. The van der Waals surface area contributed by atoms with E-state index in [1.54, 1.807) is 54.6 Å². The van der Waals surface area contributed by atoms with Crippen LogP contribution in [0.1, 0.15) is 25.0 Å². The van der Waals surface area contributed by atoms with E-state index in [9.17, 15) is 22.4 Å². The molecule has 1 atom stereocenters. The first kappa shape index (κ1) is 31.7. The Kier molecular flexibility index (Phi) is 10.6. The van der Waals surface area contributed by atoms with Gasteiger partial charge < -0.3 is 10.2 Å². The Morgan fingerprint density at radius 3 is 1.98 bits per heavy atom. The fraction of sp³-hybridized carbons (Fsp3) is 0.212. The van der Waals surface area contributed by atoms with Gasteiger partial charge >= 0.3 is 0 Å². The highest BCUT2D eigenvalue weighted by Gasteiger charge is 2.34. The summed E-state index contributed by atoms with van der Waals surface area (Å²) < 4.78 is 42.4. The van der Waals surface area contributed by atoms with Crippen molar-refractivity contribution >= 4 is 39.1 Å². The van der Waals surface area contributed by atoms with Crippen molar-refractivity contribution in [1.29, 1.82) is 0 Å². The lowest BCUT2D eigenvalue weighted by atomic mass is 10.0. The molecule has 10 heteroatoms. The van der Waals surface area contributed by atoms with Gasteiger partial charge in [0, 0.05) is 24.0 Å². The molecule has 0 aliphatic rings. The second kappa shape index (κ2) is 14.3. The summed E-state index contributed by atoms with van der Waals surface area (Å²) >= 11 is 6.10. The van der Waals surface area contributed by atoms with E-state index in [0.29, 0.717) is 10.6 Å². The lowest BCUT2D eigenvalue weighted by Gasteiger charge is -2.34. The standard InChI is InChI=1S/C33H33ClFN3O4S/c1-24(2)36-33(40)31(21-25-9-5-3-6-10-25)37(22-26-13-15-27(34)16-14-26)32(39)23-38(29-11-7-4-8-12-29)43(41,42)30-19-17-28(35)18-20-30/h3-20,24,31H,21-23H2,1-2H3,(H,36,40)/t31-/m1/s1. The van der Waals surface area contributed by atoms with Crippen LogP contribution in [0.3, 0.4) is 0 Å². The number of para-hydroxylation sites is 1. The van der Waals surface area contributed by atoms with Crippen molar-refractivity contribution in [3.63, 3.8) is 0 Å². The number of rotatable bonds is 12. The molecule has 4 aromatic carbocycles. The van der Waals surface area contributed by atoms with Crippen molar-refractivity contribution in [1.82, 2.24) is 10.2 Å². The monoisotopic (exact) mass is 621 g/mol. The molecule has 7 nitrogen and oxygen atoms in total. The van der Waals surface area contributed by atoms with Gasteiger partial charge in [0.05, 0.1) is 10.6 Å². The molecule has 2 amide bonds. The summed E-state index contributed by atoms with van der Waals surface area (Å²) in [4.78, 5) is 29.2. The highest BCUT2D eigenvalue weighted by molar-refractivity contribution is 7.92. The van der Waals surface area contributed by atoms with Gasteiger partial charge in [-0.2, -0.15) is 0 Å². The van der Waals surface area contributed by atoms with E-state index in [-0.39, 0.29) is 35.5 Å². The van der Waals surface area contributed by atoms with Gasteiger partial charge in [-0.25, -0.2) is 12.8 Å². The second-order valence-electron chi connectivity index (χ2n) is 10.3. The highest BCUT2D eigenvalue weighted by Crippen LogP contribution is 2.25. The van der Waals surface area contributed by atoms with Gasteiger partial charge in [0.15, 0.2) is 0 Å². The van der Waals surface area contributed by atoms with Crippen molar-refractivity contribution < 1.29 is 22.4 Å². The zero-order valence-corrected chi connectivity index (χ0v) is 25.4. The van der Waals surface area contributed by atoms with Crippen molar-refractivity contribution in [2.24, 2.45) is 0 Å². The van der Waals surface area contributed by atoms with E-state index >= 15 is 0 Å². The third kappa shape index (κ3) is 8.43. The van der Waals surface area contributed by atoms with Gasteiger partial charge in [0.1, 0.15) is 18.4 Å². The van der Waals surface area contributed by atoms with Gasteiger partial charge in [-0.1, -0.05) is 72.3 Å². The SMILES string of the molecule is CC(C)NC(=O)[C@@H](Cc1ccccc1)N(Cc1ccc(Cl)cc1)C(=O)CN(c1ccccc1)S(=O)(=O)c1ccc(F)cc1. The Morgan fingerprint density at radius 1 is 0.814 bits per heavy atom. The predicted molar refractivity (Wildman–Crippen MR) is 167 cm³/mol. The van der Waals surface area contributed by atoms with Gasteiger partial charge in [0.25, 0.3) is 10.0 Å². The molecule has 0 heterocycles. The molecule has 0 bridgehead atoms. The Morgan fingerprint density at radius 2 is 1.40 bits per heavy atom. The number of anilines is 1. The summed E-state index contributed by atoms with van der Waals surface area (Å²) in [5.41, 5.74) is 1.79. The third-order valence-corrected chi connectivity index (χ3v) is 8.73. The first-order valence-electron chi connectivity index (χ1n) is 13.8. The number of carbonyl (C=O) groups excluding carboxylic acids is 2. The largest absolute Gasteiger partial charge is 0.352 e. The van der Waals surface area contributed by atoms with Crippen LogP contribution in [-0.4, -0.2) is 43.8 Å². The number of sulfonamides is 1. The minimum atomic E-state index is -4.30. The molecule has 43 heavy (non-hydrogen) atoms. The van der Waals surface area contributed by atoms with Gasteiger partial charge in [-0.05, 0) is 73.5 Å². The average Bonchev–Trinajstić information content (AvgIpc) is 2.99. The summed E-state index contributed by atoms with van der Waals surface area (Å²) in [5.74, 6) is -1.55. The number of benzene rings is 4. The molecule has 0 aliphatic carbocycles. The molecule has 1 N–H and O–H groups in total. The number of amides is 2. The van der Waals surface area contributed by atoms with Crippen molar-refractivity contribution in [3.05, 3.63) is 131 Å². The third-order valence-electron chi connectivity index (χ3n) is 6.69. The number of nitrogens with zero attached hydrogens (tertiary/aromatic N) is 2. The van der Waals surface area contributed by atoms with Crippen LogP contribution < -0.4 is 9.62 Å². The summed E-state index contributed by atoms with van der Waals surface area (Å²) in [7, 11) is -4.30. The van der Waals surface area contributed by atoms with E-state index in [0.717, 1.165) is 34.1 Å². The summed E-state index contributed by atoms with van der Waals surface area (Å²) in [6.45, 7) is 3.08. The summed E-state index contributed by atoms with van der Waals surface area (Å²) in [5, 5.41) is 3.43. The van der Waals surface area contributed by atoms with E-state index in [2.05, 4.69) is 5.32 Å². The fourth-order valence-electron chi connectivity index (χ4n) is 4.58. The molecular weight excluding hydrogens is 589 g/mol. The smallest absolute Gasteiger partial charge is 0.264 e. The lowest BCUT2D eigenvalue weighted by molar-refractivity contribution is -0.140. The molecule has 0 aromatic heterocycles. The molecule has 0 saturated heterocycles. The Bertz CT molecular complexity index is 1620. The Balaban J connectivity index is 1.78. The maximum absolute atomic E-state index is 14.3. The Labute approximate surface area is 257 Å². The van der Waals surface area contributed by atoms with Crippen LogP contribution in [0, 0.1) is 5.82 Å². The average molecular weight is 622 g/mol. The van der Waals surface area contributed by atoms with Crippen LogP contribution in [0.25, 0.3) is 0 Å². The molecule has 4 aromatic rings. The molecule has 0 radical (unpaired) electrons. The van der Waals surface area contributed by atoms with Crippen LogP contribution in [0.15, 0.2) is 114 Å². The van der Waals surface area contributed by atoms with Crippen LogP contribution in [0.5, 0.6) is 0 Å². The second-order valence-corrected chi connectivity index (χ2v) is 12.6. The number of halogens is 2. The van der Waals surface area contributed by atoms with Crippen molar-refractivity contribution in [2.75, 3.05) is 10.8 Å². The highest BCUT2D eigenvalue weighted by atomic mass is 35.5. The zero-order chi connectivity index (χ0) is 31.0. The normalized spacial score (nSPS) is 12.0. The molecule has 224 valence electrons. The van der Waals surface area contributed by atoms with E-state index in [4.69, 9.17) is 11.6 Å². The van der Waals surface area contributed by atoms with Gasteiger partial charge in [-0.3, -0.25) is 13.9 Å². The molecule has 0 aliphatic heterocycles. The summed E-state index contributed by atoms with van der Waals surface area (Å²) in [6.07, 6.45) is 0.203. The van der Waals surface area contributed by atoms with E-state index in [1.807, 2.05) is 44.2 Å². The van der Waals surface area contributed by atoms with Crippen LogP contribution >= 0.6 is 11.6 Å². The van der Waals surface area contributed by atoms with Crippen LogP contribution in [0.4, 0.5) is 10.1 Å². The number of nitrogens with one attached hydrogen (secondary N) is 1. The fourth-order valence-corrected chi connectivity index (χ4v) is 6.12. The molecule has 4 rings (SSSR count). The van der Waals surface area contributed by atoms with Crippen LogP contribution in [0.2, 0.25) is 5.02 Å². The minimum Gasteiger partial charge on any atom is -0.352 e. The molecule has 0 saturated carbocycles. The van der Waals surface area contributed by atoms with Crippen LogP contribution in [-0.2, 0) is 32.6 Å². The first-order chi connectivity index (χ1) is 20.5. The number of hydrogen-bond acceptors (Lipinski definition) is 4. The number of carbonyl (C=O) groups is 2. The maximum Gasteiger partial charge on any atom is 0.264 e. The summed E-state index contributed by atoms with van der Waals surface area (Å²) in [6, 6.07) is 27.7. The lowest BCUT2D eigenvalue weighted by Crippen LogP contribution is -2.54. The van der Waals surface area contributed by atoms with E-state index < -0.39 is 34.3 Å². The van der Waals surface area contributed by atoms with Gasteiger partial charge in [0.2, 0.25) is 11.8 Å². The molecule has 0 unspecified atom stereocenters. The first-order valence-corrected chi connectivity index (χ1v) is 15.6. The quantitative estimate of drug-likeness (QED) is 0.215. The minimum absolute atomic E-state index is 0.0260. The molecular formula is C33H33ClFN3O4S. The van der Waals surface area contributed by atoms with Crippen molar-refractivity contribution in [3.8, 4) is 0 Å². The van der Waals surface area contributed by atoms with Gasteiger partial charge in [-0.15, -0.1) is 0 Å².